The Morgan fingerprint density at radius 1 is 1.58 bits per heavy atom. The summed E-state index contributed by atoms with van der Waals surface area (Å²) in [5.74, 6) is 1.46. The van der Waals surface area contributed by atoms with E-state index in [1.807, 2.05) is 11.6 Å². The van der Waals surface area contributed by atoms with Crippen LogP contribution in [-0.2, 0) is 7.05 Å². The molecule has 68 valence electrons. The van der Waals surface area contributed by atoms with Crippen molar-refractivity contribution in [2.24, 2.45) is 18.7 Å². The minimum absolute atomic E-state index is 0.0116. The van der Waals surface area contributed by atoms with Gasteiger partial charge in [-0.15, -0.1) is 10.2 Å². The number of nitrogens with zero attached hydrogens (tertiary/aromatic N) is 3. The van der Waals surface area contributed by atoms with Crippen molar-refractivity contribution in [2.75, 3.05) is 0 Å². The minimum atomic E-state index is 0.0116. The molecule has 0 amide bonds. The Morgan fingerprint density at radius 2 is 2.25 bits per heavy atom. The van der Waals surface area contributed by atoms with Gasteiger partial charge in [0.15, 0.2) is 0 Å². The molecule has 0 aliphatic carbocycles. The van der Waals surface area contributed by atoms with Crippen molar-refractivity contribution in [1.29, 1.82) is 0 Å². The first kappa shape index (κ1) is 9.19. The molecule has 0 aliphatic heterocycles. The number of nitrogens with two attached hydrogens (primary N) is 1. The monoisotopic (exact) mass is 168 g/mol. The molecule has 0 saturated carbocycles. The van der Waals surface area contributed by atoms with E-state index in [0.717, 1.165) is 12.2 Å². The Balaban J connectivity index is 2.65. The van der Waals surface area contributed by atoms with Gasteiger partial charge in [0.05, 0.1) is 6.04 Å². The summed E-state index contributed by atoms with van der Waals surface area (Å²) in [5, 5.41) is 7.74. The molecule has 1 aromatic heterocycles. The van der Waals surface area contributed by atoms with Gasteiger partial charge in [0.2, 0.25) is 0 Å². The molecule has 0 spiro atoms. The summed E-state index contributed by atoms with van der Waals surface area (Å²) in [5.41, 5.74) is 5.92. The molecule has 1 aromatic rings. The van der Waals surface area contributed by atoms with Gasteiger partial charge in [-0.25, -0.2) is 0 Å². The van der Waals surface area contributed by atoms with Crippen LogP contribution in [0.4, 0.5) is 0 Å². The highest BCUT2D eigenvalue weighted by Gasteiger charge is 2.12. The van der Waals surface area contributed by atoms with Crippen molar-refractivity contribution in [2.45, 2.75) is 26.3 Å². The van der Waals surface area contributed by atoms with Gasteiger partial charge in [-0.05, 0) is 12.3 Å². The van der Waals surface area contributed by atoms with Gasteiger partial charge in [0.1, 0.15) is 12.2 Å². The number of hydrogen-bond acceptors (Lipinski definition) is 3. The molecular weight excluding hydrogens is 152 g/mol. The second-order valence-corrected chi connectivity index (χ2v) is 3.54. The Kier molecular flexibility index (Phi) is 2.81. The highest BCUT2D eigenvalue weighted by molar-refractivity contribution is 4.92. The van der Waals surface area contributed by atoms with E-state index in [9.17, 15) is 0 Å². The molecule has 12 heavy (non-hydrogen) atoms. The first-order valence-electron chi connectivity index (χ1n) is 4.20. The zero-order chi connectivity index (χ0) is 9.14. The maximum atomic E-state index is 5.92. The van der Waals surface area contributed by atoms with Crippen molar-refractivity contribution < 1.29 is 0 Å². The highest BCUT2D eigenvalue weighted by Crippen LogP contribution is 2.15. The van der Waals surface area contributed by atoms with Gasteiger partial charge in [0.25, 0.3) is 0 Å². The van der Waals surface area contributed by atoms with Crippen LogP contribution in [0.15, 0.2) is 6.33 Å². The van der Waals surface area contributed by atoms with Gasteiger partial charge >= 0.3 is 0 Å². The van der Waals surface area contributed by atoms with E-state index in [0.29, 0.717) is 5.92 Å². The lowest BCUT2D eigenvalue weighted by Gasteiger charge is -2.12. The van der Waals surface area contributed by atoms with Crippen LogP contribution in [0, 0.1) is 5.92 Å². The summed E-state index contributed by atoms with van der Waals surface area (Å²) >= 11 is 0. The summed E-state index contributed by atoms with van der Waals surface area (Å²) in [6, 6.07) is 0.0116. The number of aromatic nitrogens is 3. The molecule has 1 unspecified atom stereocenters. The van der Waals surface area contributed by atoms with Gasteiger partial charge in [-0.1, -0.05) is 13.8 Å². The fourth-order valence-corrected chi connectivity index (χ4v) is 1.24. The topological polar surface area (TPSA) is 56.7 Å². The van der Waals surface area contributed by atoms with Gasteiger partial charge in [-0.3, -0.25) is 0 Å². The Morgan fingerprint density at radius 3 is 2.67 bits per heavy atom. The lowest BCUT2D eigenvalue weighted by molar-refractivity contribution is 0.483. The maximum absolute atomic E-state index is 5.92. The first-order chi connectivity index (χ1) is 5.61. The van der Waals surface area contributed by atoms with Crippen molar-refractivity contribution >= 4 is 0 Å². The third-order valence-corrected chi connectivity index (χ3v) is 1.80. The van der Waals surface area contributed by atoms with Crippen molar-refractivity contribution in [3.8, 4) is 0 Å². The quantitative estimate of drug-likeness (QED) is 0.728. The Hall–Kier alpha value is -0.900. The fraction of sp³-hybridized carbons (Fsp3) is 0.750. The van der Waals surface area contributed by atoms with Crippen molar-refractivity contribution in [1.82, 2.24) is 14.8 Å². The van der Waals surface area contributed by atoms with Crippen LogP contribution in [-0.4, -0.2) is 14.8 Å². The van der Waals surface area contributed by atoms with Crippen LogP contribution in [0.1, 0.15) is 32.1 Å². The van der Waals surface area contributed by atoms with Gasteiger partial charge in [-0.2, -0.15) is 0 Å². The third kappa shape index (κ3) is 2.04. The maximum Gasteiger partial charge on any atom is 0.149 e. The predicted molar refractivity (Wildman–Crippen MR) is 47.4 cm³/mol. The highest BCUT2D eigenvalue weighted by atomic mass is 15.3. The summed E-state index contributed by atoms with van der Waals surface area (Å²) in [4.78, 5) is 0. The Bertz CT molecular complexity index is 241. The minimum Gasteiger partial charge on any atom is -0.321 e. The molecule has 0 aliphatic rings. The lowest BCUT2D eigenvalue weighted by atomic mass is 10.0. The zero-order valence-corrected chi connectivity index (χ0v) is 7.86. The van der Waals surface area contributed by atoms with Crippen molar-refractivity contribution in [3.63, 3.8) is 0 Å². The van der Waals surface area contributed by atoms with Crippen LogP contribution >= 0.6 is 0 Å². The van der Waals surface area contributed by atoms with E-state index in [1.54, 1.807) is 6.33 Å². The average Bonchev–Trinajstić information content (AvgIpc) is 2.33. The van der Waals surface area contributed by atoms with Crippen LogP contribution in [0.2, 0.25) is 0 Å². The second kappa shape index (κ2) is 3.67. The summed E-state index contributed by atoms with van der Waals surface area (Å²) in [6.07, 6.45) is 2.63. The normalized spacial score (nSPS) is 13.8. The summed E-state index contributed by atoms with van der Waals surface area (Å²) in [7, 11) is 1.91. The summed E-state index contributed by atoms with van der Waals surface area (Å²) < 4.78 is 1.87. The van der Waals surface area contributed by atoms with E-state index in [4.69, 9.17) is 5.73 Å². The van der Waals surface area contributed by atoms with Crippen LogP contribution in [0.25, 0.3) is 0 Å². The molecule has 0 bridgehead atoms. The largest absolute Gasteiger partial charge is 0.321 e. The SMILES string of the molecule is CC(C)CC(N)c1nncn1C. The van der Waals surface area contributed by atoms with E-state index >= 15 is 0 Å². The van der Waals surface area contributed by atoms with E-state index in [1.165, 1.54) is 0 Å². The molecule has 1 heterocycles. The van der Waals surface area contributed by atoms with E-state index < -0.39 is 0 Å². The third-order valence-electron chi connectivity index (χ3n) is 1.80. The molecule has 2 N–H and O–H groups in total. The van der Waals surface area contributed by atoms with Crippen LogP contribution < -0.4 is 5.73 Å². The van der Waals surface area contributed by atoms with Crippen molar-refractivity contribution in [3.05, 3.63) is 12.2 Å². The molecule has 1 atom stereocenters. The van der Waals surface area contributed by atoms with Gasteiger partial charge in [0, 0.05) is 7.05 Å². The first-order valence-corrected chi connectivity index (χ1v) is 4.20. The molecule has 0 saturated heterocycles. The number of aryl methyl sites for hydroxylation is 1. The fourth-order valence-electron chi connectivity index (χ4n) is 1.24. The van der Waals surface area contributed by atoms with Gasteiger partial charge < -0.3 is 10.3 Å². The van der Waals surface area contributed by atoms with Crippen LogP contribution in [0.5, 0.6) is 0 Å². The molecule has 0 aromatic carbocycles. The summed E-state index contributed by atoms with van der Waals surface area (Å²) in [6.45, 7) is 4.30. The van der Waals surface area contributed by atoms with E-state index in [2.05, 4.69) is 24.0 Å². The smallest absolute Gasteiger partial charge is 0.149 e. The number of rotatable bonds is 3. The molecular formula is C8H16N4. The molecule has 1 rings (SSSR count). The zero-order valence-electron chi connectivity index (χ0n) is 7.86. The molecule has 4 nitrogen and oxygen atoms in total. The Labute approximate surface area is 72.8 Å². The molecule has 4 heteroatoms. The standard InChI is InChI=1S/C8H16N4/c1-6(2)4-7(9)8-11-10-5-12(8)3/h5-7H,4,9H2,1-3H3. The molecule has 0 fully saturated rings. The lowest BCUT2D eigenvalue weighted by Crippen LogP contribution is -2.17. The second-order valence-electron chi connectivity index (χ2n) is 3.54. The predicted octanol–water partition coefficient (Wildman–Crippen LogP) is 0.861. The van der Waals surface area contributed by atoms with Crippen LogP contribution in [0.3, 0.4) is 0 Å². The van der Waals surface area contributed by atoms with E-state index in [-0.39, 0.29) is 6.04 Å². The number of hydrogen-bond donors (Lipinski definition) is 1. The molecule has 0 radical (unpaired) electrons. The average molecular weight is 168 g/mol.